The van der Waals surface area contributed by atoms with E-state index in [-0.39, 0.29) is 11.8 Å². The van der Waals surface area contributed by atoms with Gasteiger partial charge in [-0.15, -0.1) is 0 Å². The van der Waals surface area contributed by atoms with E-state index in [4.69, 9.17) is 9.47 Å². The lowest BCUT2D eigenvalue weighted by Gasteiger charge is -2.43. The van der Waals surface area contributed by atoms with Gasteiger partial charge in [-0.05, 0) is 25.7 Å². The molecule has 8 nitrogen and oxygen atoms in total. The maximum Gasteiger partial charge on any atom is 0.309 e. The highest BCUT2D eigenvalue weighted by Gasteiger charge is 2.53. The van der Waals surface area contributed by atoms with E-state index in [0.29, 0.717) is 25.7 Å². The van der Waals surface area contributed by atoms with Gasteiger partial charge in [0, 0.05) is 0 Å². The van der Waals surface area contributed by atoms with Crippen molar-refractivity contribution in [1.82, 2.24) is 0 Å². The number of hydrogen-bond acceptors (Lipinski definition) is 8. The SMILES string of the molecule is CCCC(CCC)C(=O)OC1[C@@H](O)[C@@H](O)C(OC(=O)C(CCC)CCC)[C@H](O)[C@H]1O. The Bertz CT molecular complexity index is 451. The number of esters is 2. The van der Waals surface area contributed by atoms with Crippen molar-refractivity contribution in [3.8, 4) is 0 Å². The van der Waals surface area contributed by atoms with Gasteiger partial charge in [-0.2, -0.15) is 0 Å². The highest BCUT2D eigenvalue weighted by atomic mass is 16.6. The Morgan fingerprint density at radius 3 is 1.03 bits per heavy atom. The Kier molecular flexibility index (Phi) is 11.8. The minimum atomic E-state index is -1.69. The molecule has 0 saturated heterocycles. The van der Waals surface area contributed by atoms with Crippen LogP contribution in [-0.2, 0) is 19.1 Å². The van der Waals surface area contributed by atoms with Gasteiger partial charge in [-0.1, -0.05) is 53.4 Å². The minimum absolute atomic E-state index is 0.381. The summed E-state index contributed by atoms with van der Waals surface area (Å²) in [5, 5.41) is 41.8. The van der Waals surface area contributed by atoms with Crippen molar-refractivity contribution in [3.63, 3.8) is 0 Å². The lowest BCUT2D eigenvalue weighted by Crippen LogP contribution is -2.65. The first-order valence-electron chi connectivity index (χ1n) is 11.4. The number of rotatable bonds is 12. The van der Waals surface area contributed by atoms with Gasteiger partial charge in [-0.25, -0.2) is 0 Å². The molecule has 0 spiro atoms. The fourth-order valence-corrected chi connectivity index (χ4v) is 4.07. The first-order valence-corrected chi connectivity index (χ1v) is 11.4. The molecule has 0 bridgehead atoms. The Morgan fingerprint density at radius 1 is 0.600 bits per heavy atom. The van der Waals surface area contributed by atoms with Crippen LogP contribution < -0.4 is 0 Å². The van der Waals surface area contributed by atoms with Crippen LogP contribution in [0.5, 0.6) is 0 Å². The van der Waals surface area contributed by atoms with Gasteiger partial charge < -0.3 is 29.9 Å². The van der Waals surface area contributed by atoms with Crippen molar-refractivity contribution in [2.24, 2.45) is 11.8 Å². The molecule has 1 fully saturated rings. The summed E-state index contributed by atoms with van der Waals surface area (Å²) in [6, 6.07) is 0. The average Bonchev–Trinajstić information content (AvgIpc) is 2.72. The molecular weight excluding hydrogens is 392 g/mol. The van der Waals surface area contributed by atoms with E-state index in [2.05, 4.69) is 0 Å². The van der Waals surface area contributed by atoms with E-state index in [9.17, 15) is 30.0 Å². The first kappa shape index (κ1) is 26.8. The number of carbonyl (C=O) groups is 2. The van der Waals surface area contributed by atoms with Crippen LogP contribution in [-0.4, -0.2) is 69.0 Å². The predicted octanol–water partition coefficient (Wildman–Crippen LogP) is 1.70. The molecule has 0 heterocycles. The second-order valence-electron chi connectivity index (χ2n) is 8.31. The Hall–Kier alpha value is -1.22. The zero-order valence-electron chi connectivity index (χ0n) is 18.7. The van der Waals surface area contributed by atoms with Crippen LogP contribution in [0.2, 0.25) is 0 Å². The maximum atomic E-state index is 12.5. The van der Waals surface area contributed by atoms with Crippen LogP contribution in [0.3, 0.4) is 0 Å². The van der Waals surface area contributed by atoms with Crippen molar-refractivity contribution in [3.05, 3.63) is 0 Å². The summed E-state index contributed by atoms with van der Waals surface area (Å²) in [5.41, 5.74) is 0. The monoisotopic (exact) mass is 432 g/mol. The summed E-state index contributed by atoms with van der Waals surface area (Å²) in [6.45, 7) is 7.77. The van der Waals surface area contributed by atoms with Gasteiger partial charge in [0.1, 0.15) is 24.4 Å². The van der Waals surface area contributed by atoms with Crippen molar-refractivity contribution < 1.29 is 39.5 Å². The molecule has 6 atom stereocenters. The molecule has 4 N–H and O–H groups in total. The van der Waals surface area contributed by atoms with Gasteiger partial charge in [0.2, 0.25) is 0 Å². The lowest BCUT2D eigenvalue weighted by molar-refractivity contribution is -0.243. The Morgan fingerprint density at radius 2 is 0.833 bits per heavy atom. The van der Waals surface area contributed by atoms with E-state index in [1.54, 1.807) is 0 Å². The summed E-state index contributed by atoms with van der Waals surface area (Å²) in [5.74, 6) is -1.92. The molecule has 8 heteroatoms. The molecule has 1 rings (SSSR count). The van der Waals surface area contributed by atoms with Crippen LogP contribution in [0.25, 0.3) is 0 Å². The third-order valence-electron chi connectivity index (χ3n) is 5.77. The van der Waals surface area contributed by atoms with E-state index in [1.807, 2.05) is 27.7 Å². The van der Waals surface area contributed by atoms with E-state index < -0.39 is 48.6 Å². The first-order chi connectivity index (χ1) is 14.2. The molecule has 1 aliphatic rings. The fraction of sp³-hybridized carbons (Fsp3) is 0.909. The molecule has 0 aromatic carbocycles. The lowest BCUT2D eigenvalue weighted by atomic mass is 9.84. The second kappa shape index (κ2) is 13.2. The van der Waals surface area contributed by atoms with E-state index in [1.165, 1.54) is 0 Å². The predicted molar refractivity (Wildman–Crippen MR) is 110 cm³/mol. The Labute approximate surface area is 179 Å². The van der Waals surface area contributed by atoms with Gasteiger partial charge in [0.15, 0.2) is 12.2 Å². The molecule has 176 valence electrons. The number of hydrogen-bond donors (Lipinski definition) is 4. The third-order valence-corrected chi connectivity index (χ3v) is 5.77. The average molecular weight is 433 g/mol. The summed E-state index contributed by atoms with van der Waals surface area (Å²) >= 11 is 0. The number of ether oxygens (including phenoxy) is 2. The third kappa shape index (κ3) is 6.90. The largest absolute Gasteiger partial charge is 0.456 e. The summed E-state index contributed by atoms with van der Waals surface area (Å²) in [6.07, 6.45) is -4.26. The topological polar surface area (TPSA) is 134 Å². The van der Waals surface area contributed by atoms with Crippen molar-refractivity contribution in [1.29, 1.82) is 0 Å². The molecule has 1 aliphatic carbocycles. The van der Waals surface area contributed by atoms with Gasteiger partial charge in [0.05, 0.1) is 11.8 Å². The van der Waals surface area contributed by atoms with E-state index in [0.717, 1.165) is 25.7 Å². The zero-order chi connectivity index (χ0) is 22.8. The highest BCUT2D eigenvalue weighted by molar-refractivity contribution is 5.73. The highest BCUT2D eigenvalue weighted by Crippen LogP contribution is 2.29. The van der Waals surface area contributed by atoms with Crippen LogP contribution in [0.4, 0.5) is 0 Å². The van der Waals surface area contributed by atoms with Gasteiger partial charge >= 0.3 is 11.9 Å². The molecule has 0 aliphatic heterocycles. The minimum Gasteiger partial charge on any atom is -0.456 e. The van der Waals surface area contributed by atoms with Crippen molar-refractivity contribution >= 4 is 11.9 Å². The molecule has 0 aromatic rings. The summed E-state index contributed by atoms with van der Waals surface area (Å²) in [4.78, 5) is 25.0. The van der Waals surface area contributed by atoms with Crippen LogP contribution in [0, 0.1) is 11.8 Å². The fourth-order valence-electron chi connectivity index (χ4n) is 4.07. The maximum absolute atomic E-state index is 12.5. The molecule has 0 amide bonds. The van der Waals surface area contributed by atoms with Crippen LogP contribution >= 0.6 is 0 Å². The van der Waals surface area contributed by atoms with Crippen LogP contribution in [0.1, 0.15) is 79.1 Å². The van der Waals surface area contributed by atoms with Gasteiger partial charge in [0.25, 0.3) is 0 Å². The quantitative estimate of drug-likeness (QED) is 0.343. The molecular formula is C22H40O8. The molecule has 0 radical (unpaired) electrons. The van der Waals surface area contributed by atoms with Crippen LogP contribution in [0.15, 0.2) is 0 Å². The summed E-state index contributed by atoms with van der Waals surface area (Å²) in [7, 11) is 0. The molecule has 2 unspecified atom stereocenters. The Balaban J connectivity index is 2.88. The standard InChI is InChI=1S/C22H40O8/c1-5-9-13(10-6-2)21(27)29-19-15(23)17(25)20(18(26)16(19)24)30-22(28)14(11-7-3)12-8-4/h13-20,23-26H,5-12H2,1-4H3/t15-,16-,17-,18+,19?,20?/m1/s1. The molecule has 1 saturated carbocycles. The molecule has 30 heavy (non-hydrogen) atoms. The van der Waals surface area contributed by atoms with Gasteiger partial charge in [-0.3, -0.25) is 9.59 Å². The number of aliphatic hydroxyl groups is 4. The zero-order valence-corrected chi connectivity index (χ0v) is 18.7. The normalized spacial score (nSPS) is 29.3. The number of carbonyl (C=O) groups excluding carboxylic acids is 2. The van der Waals surface area contributed by atoms with E-state index >= 15 is 0 Å². The summed E-state index contributed by atoms with van der Waals surface area (Å²) < 4.78 is 10.6. The molecule has 0 aromatic heterocycles. The van der Waals surface area contributed by atoms with Crippen molar-refractivity contribution in [2.45, 2.75) is 116 Å². The second-order valence-corrected chi connectivity index (χ2v) is 8.31. The van der Waals surface area contributed by atoms with Crippen molar-refractivity contribution in [2.75, 3.05) is 0 Å². The number of aliphatic hydroxyl groups excluding tert-OH is 4. The smallest absolute Gasteiger partial charge is 0.309 e.